The summed E-state index contributed by atoms with van der Waals surface area (Å²) < 4.78 is 0.425. The molecule has 0 unspecified atom stereocenters. The maximum Gasteiger partial charge on any atom is 0.121 e. The Morgan fingerprint density at radius 3 is 2.18 bits per heavy atom. The lowest BCUT2D eigenvalue weighted by molar-refractivity contribution is 1.27. The Kier molecular flexibility index (Phi) is 3.00. The Labute approximate surface area is 104 Å². The van der Waals surface area contributed by atoms with Gasteiger partial charge < -0.3 is 4.98 Å². The largest absolute Gasteiger partial charge is 0.345 e. The molecule has 2 aromatic rings. The fourth-order valence-electron chi connectivity index (χ4n) is 1.45. The number of pyridine rings is 1. The highest BCUT2D eigenvalue weighted by Crippen LogP contribution is 2.18. The minimum absolute atomic E-state index is 0.425. The molecule has 0 aliphatic rings. The van der Waals surface area contributed by atoms with Crippen LogP contribution in [0, 0.1) is 27.3 Å². The van der Waals surface area contributed by atoms with E-state index in [1.54, 1.807) is 24.3 Å². The van der Waals surface area contributed by atoms with Crippen LogP contribution in [0.5, 0.6) is 0 Å². The van der Waals surface area contributed by atoms with Crippen molar-refractivity contribution in [2.24, 2.45) is 0 Å². The Hall–Kier alpha value is -2.43. The van der Waals surface area contributed by atoms with Crippen LogP contribution >= 0.6 is 12.2 Å². The highest BCUT2D eigenvalue weighted by Gasteiger charge is 2.00. The molecule has 1 heterocycles. The average Bonchev–Trinajstić information content (AvgIpc) is 2.39. The molecular formula is C13H7N3S. The molecule has 0 fully saturated rings. The van der Waals surface area contributed by atoms with Crippen molar-refractivity contribution in [2.45, 2.75) is 0 Å². The zero-order chi connectivity index (χ0) is 12.3. The normalized spacial score (nSPS) is 9.29. The van der Waals surface area contributed by atoms with Crippen LogP contribution in [0.3, 0.4) is 0 Å². The van der Waals surface area contributed by atoms with Gasteiger partial charge in [-0.25, -0.2) is 0 Å². The maximum absolute atomic E-state index is 8.78. The van der Waals surface area contributed by atoms with Crippen LogP contribution in [-0.2, 0) is 0 Å². The second-order valence-corrected chi connectivity index (χ2v) is 3.82. The molecule has 0 spiro atoms. The summed E-state index contributed by atoms with van der Waals surface area (Å²) in [5.41, 5.74) is 2.83. The number of aromatic amines is 1. The lowest BCUT2D eigenvalue weighted by atomic mass is 10.1. The van der Waals surface area contributed by atoms with Gasteiger partial charge in [-0.3, -0.25) is 0 Å². The van der Waals surface area contributed by atoms with Crippen molar-refractivity contribution in [3.8, 4) is 23.4 Å². The smallest absolute Gasteiger partial charge is 0.121 e. The van der Waals surface area contributed by atoms with Crippen molar-refractivity contribution in [1.82, 2.24) is 4.98 Å². The zero-order valence-electron chi connectivity index (χ0n) is 8.77. The van der Waals surface area contributed by atoms with Crippen LogP contribution in [0.2, 0.25) is 0 Å². The molecule has 0 radical (unpaired) electrons. The second-order valence-electron chi connectivity index (χ2n) is 3.42. The van der Waals surface area contributed by atoms with E-state index < -0.39 is 0 Å². The lowest BCUT2D eigenvalue weighted by Gasteiger charge is -2.02. The molecule has 1 N–H and O–H groups in total. The Morgan fingerprint density at radius 2 is 1.65 bits per heavy atom. The van der Waals surface area contributed by atoms with E-state index in [2.05, 4.69) is 11.1 Å². The van der Waals surface area contributed by atoms with E-state index in [0.29, 0.717) is 15.8 Å². The third kappa shape index (κ3) is 2.23. The van der Waals surface area contributed by atoms with Crippen LogP contribution in [-0.4, -0.2) is 4.98 Å². The number of nitrogens with one attached hydrogen (secondary N) is 1. The monoisotopic (exact) mass is 237 g/mol. The first-order valence-corrected chi connectivity index (χ1v) is 5.29. The summed E-state index contributed by atoms with van der Waals surface area (Å²) >= 11 is 5.06. The van der Waals surface area contributed by atoms with E-state index >= 15 is 0 Å². The number of nitrogens with zero attached hydrogens (tertiary/aromatic N) is 2. The van der Waals surface area contributed by atoms with Crippen molar-refractivity contribution in [3.63, 3.8) is 0 Å². The number of benzene rings is 1. The third-order valence-corrected chi connectivity index (χ3v) is 2.68. The standard InChI is InChI=1S/C13H7N3S/c14-7-9-1-3-10(4-2-9)12-6-5-11(8-15)13(17)16-12/h1-6H,(H,16,17). The van der Waals surface area contributed by atoms with Crippen molar-refractivity contribution < 1.29 is 0 Å². The molecule has 80 valence electrons. The van der Waals surface area contributed by atoms with Gasteiger partial charge in [0.05, 0.1) is 17.2 Å². The minimum atomic E-state index is 0.425. The second kappa shape index (κ2) is 4.61. The van der Waals surface area contributed by atoms with Gasteiger partial charge in [0.1, 0.15) is 10.7 Å². The summed E-state index contributed by atoms with van der Waals surface area (Å²) in [6, 6.07) is 14.7. The number of hydrogen-bond acceptors (Lipinski definition) is 3. The van der Waals surface area contributed by atoms with Crippen LogP contribution in [0.15, 0.2) is 36.4 Å². The first-order chi connectivity index (χ1) is 8.24. The summed E-state index contributed by atoms with van der Waals surface area (Å²) in [5.74, 6) is 0. The topological polar surface area (TPSA) is 63.4 Å². The van der Waals surface area contributed by atoms with Gasteiger partial charge in [-0.1, -0.05) is 24.4 Å². The Bertz CT molecular complexity index is 684. The molecule has 0 bridgehead atoms. The minimum Gasteiger partial charge on any atom is -0.345 e. The first-order valence-electron chi connectivity index (χ1n) is 4.88. The highest BCUT2D eigenvalue weighted by atomic mass is 32.1. The van der Waals surface area contributed by atoms with Crippen LogP contribution in [0.1, 0.15) is 11.1 Å². The number of nitriles is 2. The molecule has 17 heavy (non-hydrogen) atoms. The molecule has 0 aliphatic carbocycles. The molecule has 0 amide bonds. The summed E-state index contributed by atoms with van der Waals surface area (Å²) in [7, 11) is 0. The molecule has 0 saturated carbocycles. The lowest BCUT2D eigenvalue weighted by Crippen LogP contribution is -1.87. The highest BCUT2D eigenvalue weighted by molar-refractivity contribution is 7.71. The first kappa shape index (κ1) is 11.1. The summed E-state index contributed by atoms with van der Waals surface area (Å²) in [5, 5.41) is 17.5. The van der Waals surface area contributed by atoms with Crippen molar-refractivity contribution in [2.75, 3.05) is 0 Å². The van der Waals surface area contributed by atoms with Crippen LogP contribution in [0.25, 0.3) is 11.3 Å². The third-order valence-electron chi connectivity index (χ3n) is 2.35. The van der Waals surface area contributed by atoms with Gasteiger partial charge in [0, 0.05) is 5.69 Å². The number of hydrogen-bond donors (Lipinski definition) is 1. The number of H-pyrrole nitrogens is 1. The van der Waals surface area contributed by atoms with Gasteiger partial charge >= 0.3 is 0 Å². The molecule has 0 atom stereocenters. The number of rotatable bonds is 1. The van der Waals surface area contributed by atoms with Crippen molar-refractivity contribution >= 4 is 12.2 Å². The van der Waals surface area contributed by atoms with E-state index in [-0.39, 0.29) is 0 Å². The van der Waals surface area contributed by atoms with E-state index in [9.17, 15) is 0 Å². The van der Waals surface area contributed by atoms with Crippen molar-refractivity contribution in [3.05, 3.63) is 52.2 Å². The van der Waals surface area contributed by atoms with E-state index in [4.69, 9.17) is 22.7 Å². The summed E-state index contributed by atoms with van der Waals surface area (Å²) in [6.45, 7) is 0. The molecular weight excluding hydrogens is 230 g/mol. The summed E-state index contributed by atoms with van der Waals surface area (Å²) in [6.07, 6.45) is 0. The number of aromatic nitrogens is 1. The summed E-state index contributed by atoms with van der Waals surface area (Å²) in [4.78, 5) is 2.99. The van der Waals surface area contributed by atoms with E-state index in [1.165, 1.54) is 0 Å². The molecule has 0 aliphatic heterocycles. The molecule has 3 nitrogen and oxygen atoms in total. The zero-order valence-corrected chi connectivity index (χ0v) is 9.58. The van der Waals surface area contributed by atoms with Crippen molar-refractivity contribution in [1.29, 1.82) is 10.5 Å². The van der Waals surface area contributed by atoms with Gasteiger partial charge in [-0.2, -0.15) is 10.5 Å². The Morgan fingerprint density at radius 1 is 0.941 bits per heavy atom. The molecule has 4 heteroatoms. The van der Waals surface area contributed by atoms with Gasteiger partial charge in [0.15, 0.2) is 0 Å². The van der Waals surface area contributed by atoms with Gasteiger partial charge in [0.25, 0.3) is 0 Å². The van der Waals surface area contributed by atoms with E-state index in [1.807, 2.05) is 18.2 Å². The molecule has 2 rings (SSSR count). The maximum atomic E-state index is 8.78. The fourth-order valence-corrected chi connectivity index (χ4v) is 1.68. The van der Waals surface area contributed by atoms with E-state index in [0.717, 1.165) is 11.3 Å². The Balaban J connectivity index is 2.48. The molecule has 1 aromatic heterocycles. The predicted octanol–water partition coefficient (Wildman–Crippen LogP) is 3.15. The van der Waals surface area contributed by atoms with Crippen LogP contribution < -0.4 is 0 Å². The predicted molar refractivity (Wildman–Crippen MR) is 66.5 cm³/mol. The fraction of sp³-hybridized carbons (Fsp3) is 0. The van der Waals surface area contributed by atoms with Gasteiger partial charge in [0.2, 0.25) is 0 Å². The SMILES string of the molecule is N#Cc1ccc(-c2ccc(C#N)c(=S)[nH]2)cc1. The quantitative estimate of drug-likeness (QED) is 0.775. The molecule has 1 aromatic carbocycles. The van der Waals surface area contributed by atoms with Crippen LogP contribution in [0.4, 0.5) is 0 Å². The van der Waals surface area contributed by atoms with Gasteiger partial charge in [-0.05, 0) is 29.8 Å². The molecule has 0 saturated heterocycles. The van der Waals surface area contributed by atoms with Gasteiger partial charge in [-0.15, -0.1) is 0 Å². The average molecular weight is 237 g/mol.